The van der Waals surface area contributed by atoms with Crippen molar-refractivity contribution in [1.82, 2.24) is 5.32 Å². The van der Waals surface area contributed by atoms with Gasteiger partial charge in [0.2, 0.25) is 0 Å². The molecule has 0 spiro atoms. The normalized spacial score (nSPS) is 22.0. The lowest BCUT2D eigenvalue weighted by atomic mass is 9.70. The van der Waals surface area contributed by atoms with E-state index in [0.717, 1.165) is 13.1 Å². The molecule has 11 heavy (non-hydrogen) atoms. The molecule has 1 fully saturated rings. The van der Waals surface area contributed by atoms with Crippen LogP contribution in [0.3, 0.4) is 0 Å². The lowest BCUT2D eigenvalue weighted by molar-refractivity contribution is 0.159. The van der Waals surface area contributed by atoms with Crippen molar-refractivity contribution in [2.24, 2.45) is 5.41 Å². The summed E-state index contributed by atoms with van der Waals surface area (Å²) >= 11 is 5.38. The van der Waals surface area contributed by atoms with Gasteiger partial charge in [-0.25, -0.2) is 0 Å². The lowest BCUT2D eigenvalue weighted by Crippen LogP contribution is -2.37. The fourth-order valence-electron chi connectivity index (χ4n) is 1.46. The summed E-state index contributed by atoms with van der Waals surface area (Å²) in [5.41, 5.74) is 2.15. The van der Waals surface area contributed by atoms with Crippen molar-refractivity contribution in [2.45, 2.75) is 26.2 Å². The highest BCUT2D eigenvalue weighted by Gasteiger charge is 2.30. The largest absolute Gasteiger partial charge is 0.313 e. The zero-order chi connectivity index (χ0) is 8.16. The molecule has 0 heterocycles. The summed E-state index contributed by atoms with van der Waals surface area (Å²) in [5, 5.41) is 3.36. The maximum atomic E-state index is 5.38. The second kappa shape index (κ2) is 4.13. The SMILES string of the molecule is CC1(CNC/C=C/Cl)CCC1. The highest BCUT2D eigenvalue weighted by Crippen LogP contribution is 2.39. The van der Waals surface area contributed by atoms with Crippen molar-refractivity contribution in [3.8, 4) is 0 Å². The Labute approximate surface area is 73.8 Å². The molecule has 0 amide bonds. The third-order valence-corrected chi connectivity index (χ3v) is 2.64. The van der Waals surface area contributed by atoms with Gasteiger partial charge >= 0.3 is 0 Å². The maximum Gasteiger partial charge on any atom is 0.0146 e. The molecule has 1 N–H and O–H groups in total. The molecule has 0 aliphatic heterocycles. The minimum absolute atomic E-state index is 0.583. The van der Waals surface area contributed by atoms with Crippen LogP contribution in [-0.2, 0) is 0 Å². The number of rotatable bonds is 4. The Morgan fingerprint density at radius 3 is 2.73 bits per heavy atom. The average Bonchev–Trinajstić information content (AvgIpc) is 1.95. The molecule has 1 nitrogen and oxygen atoms in total. The Hall–Kier alpha value is -0.0100. The lowest BCUT2D eigenvalue weighted by Gasteiger charge is -2.38. The van der Waals surface area contributed by atoms with E-state index >= 15 is 0 Å². The van der Waals surface area contributed by atoms with E-state index in [1.54, 1.807) is 5.54 Å². The van der Waals surface area contributed by atoms with Gasteiger partial charge in [0.15, 0.2) is 0 Å². The van der Waals surface area contributed by atoms with Crippen molar-refractivity contribution < 1.29 is 0 Å². The smallest absolute Gasteiger partial charge is 0.0146 e. The first-order valence-corrected chi connectivity index (χ1v) is 4.66. The second-order valence-electron chi connectivity index (χ2n) is 3.66. The van der Waals surface area contributed by atoms with Crippen LogP contribution in [-0.4, -0.2) is 13.1 Å². The van der Waals surface area contributed by atoms with E-state index in [2.05, 4.69) is 12.2 Å². The van der Waals surface area contributed by atoms with Crippen LogP contribution >= 0.6 is 11.6 Å². The molecule has 0 unspecified atom stereocenters. The number of hydrogen-bond donors (Lipinski definition) is 1. The third kappa shape index (κ3) is 2.84. The molecule has 0 radical (unpaired) electrons. The Morgan fingerprint density at radius 2 is 2.27 bits per heavy atom. The molecule has 64 valence electrons. The predicted octanol–water partition coefficient (Wildman–Crippen LogP) is 2.52. The van der Waals surface area contributed by atoms with Gasteiger partial charge in [-0.3, -0.25) is 0 Å². The molecule has 1 rings (SSSR count). The number of nitrogens with one attached hydrogen (secondary N) is 1. The highest BCUT2D eigenvalue weighted by atomic mass is 35.5. The van der Waals surface area contributed by atoms with Gasteiger partial charge in [-0.2, -0.15) is 0 Å². The topological polar surface area (TPSA) is 12.0 Å². The molecular weight excluding hydrogens is 158 g/mol. The van der Waals surface area contributed by atoms with E-state index in [0.29, 0.717) is 5.41 Å². The minimum atomic E-state index is 0.583. The van der Waals surface area contributed by atoms with Crippen LogP contribution in [0, 0.1) is 5.41 Å². The highest BCUT2D eigenvalue weighted by molar-refractivity contribution is 6.25. The molecule has 0 aromatic heterocycles. The molecular formula is C9H16ClN. The molecule has 0 aromatic rings. The molecule has 0 atom stereocenters. The Morgan fingerprint density at radius 1 is 1.55 bits per heavy atom. The van der Waals surface area contributed by atoms with E-state index in [-0.39, 0.29) is 0 Å². The number of halogens is 1. The van der Waals surface area contributed by atoms with Gasteiger partial charge in [0.25, 0.3) is 0 Å². The van der Waals surface area contributed by atoms with E-state index in [1.165, 1.54) is 19.3 Å². The van der Waals surface area contributed by atoms with E-state index in [4.69, 9.17) is 11.6 Å². The molecule has 1 aliphatic carbocycles. The van der Waals surface area contributed by atoms with E-state index in [9.17, 15) is 0 Å². The van der Waals surface area contributed by atoms with Crippen LogP contribution in [0.1, 0.15) is 26.2 Å². The first-order chi connectivity index (χ1) is 5.27. The van der Waals surface area contributed by atoms with Crippen LogP contribution in [0.25, 0.3) is 0 Å². The first-order valence-electron chi connectivity index (χ1n) is 4.23. The summed E-state index contributed by atoms with van der Waals surface area (Å²) in [6, 6.07) is 0. The maximum absolute atomic E-state index is 5.38. The Balaban J connectivity index is 2.02. The molecule has 1 saturated carbocycles. The van der Waals surface area contributed by atoms with Crippen LogP contribution < -0.4 is 5.32 Å². The Bertz CT molecular complexity index is 138. The zero-order valence-corrected chi connectivity index (χ0v) is 7.82. The second-order valence-corrected chi connectivity index (χ2v) is 3.91. The number of hydrogen-bond acceptors (Lipinski definition) is 1. The van der Waals surface area contributed by atoms with Crippen molar-refractivity contribution in [3.63, 3.8) is 0 Å². The minimum Gasteiger partial charge on any atom is -0.313 e. The van der Waals surface area contributed by atoms with Crippen LogP contribution in [0.15, 0.2) is 11.6 Å². The summed E-state index contributed by atoms with van der Waals surface area (Å²) in [6.45, 7) is 4.38. The molecule has 0 saturated heterocycles. The zero-order valence-electron chi connectivity index (χ0n) is 7.07. The quantitative estimate of drug-likeness (QED) is 0.645. The van der Waals surface area contributed by atoms with Gasteiger partial charge in [0, 0.05) is 18.6 Å². The van der Waals surface area contributed by atoms with Crippen LogP contribution in [0.4, 0.5) is 0 Å². The fraction of sp³-hybridized carbons (Fsp3) is 0.778. The van der Waals surface area contributed by atoms with Gasteiger partial charge < -0.3 is 5.32 Å². The Kier molecular flexibility index (Phi) is 3.41. The van der Waals surface area contributed by atoms with E-state index < -0.39 is 0 Å². The van der Waals surface area contributed by atoms with Gasteiger partial charge in [-0.15, -0.1) is 0 Å². The summed E-state index contributed by atoms with van der Waals surface area (Å²) in [4.78, 5) is 0. The predicted molar refractivity (Wildman–Crippen MR) is 49.8 cm³/mol. The van der Waals surface area contributed by atoms with Crippen molar-refractivity contribution in [3.05, 3.63) is 11.6 Å². The summed E-state index contributed by atoms with van der Waals surface area (Å²) in [5.74, 6) is 0. The monoisotopic (exact) mass is 173 g/mol. The van der Waals surface area contributed by atoms with Gasteiger partial charge in [0.1, 0.15) is 0 Å². The summed E-state index contributed by atoms with van der Waals surface area (Å²) < 4.78 is 0. The molecule has 0 bridgehead atoms. The van der Waals surface area contributed by atoms with Crippen LogP contribution in [0.5, 0.6) is 0 Å². The third-order valence-electron chi connectivity index (χ3n) is 2.46. The van der Waals surface area contributed by atoms with Gasteiger partial charge in [-0.05, 0) is 18.3 Å². The molecule has 2 heteroatoms. The van der Waals surface area contributed by atoms with Gasteiger partial charge in [0.05, 0.1) is 0 Å². The fourth-order valence-corrected chi connectivity index (χ4v) is 1.55. The molecule has 0 aromatic carbocycles. The first kappa shape index (κ1) is 9.08. The van der Waals surface area contributed by atoms with Crippen molar-refractivity contribution in [1.29, 1.82) is 0 Å². The summed E-state index contributed by atoms with van der Waals surface area (Å²) in [7, 11) is 0. The van der Waals surface area contributed by atoms with E-state index in [1.807, 2.05) is 6.08 Å². The summed E-state index contributed by atoms with van der Waals surface area (Å²) in [6.07, 6.45) is 6.10. The standard InChI is InChI=1S/C9H16ClN/c1-9(4-2-5-9)8-11-7-3-6-10/h3,6,11H,2,4-5,7-8H2,1H3/b6-3+. The molecule has 1 aliphatic rings. The van der Waals surface area contributed by atoms with Crippen LogP contribution in [0.2, 0.25) is 0 Å². The average molecular weight is 174 g/mol. The van der Waals surface area contributed by atoms with Gasteiger partial charge in [-0.1, -0.05) is 31.0 Å². The van der Waals surface area contributed by atoms with Crippen molar-refractivity contribution >= 4 is 11.6 Å². The van der Waals surface area contributed by atoms with Crippen molar-refractivity contribution in [2.75, 3.05) is 13.1 Å².